The molecule has 0 unspecified atom stereocenters. The van der Waals surface area contributed by atoms with Gasteiger partial charge in [0.25, 0.3) is 0 Å². The summed E-state index contributed by atoms with van der Waals surface area (Å²) in [6.07, 6.45) is 9.23. The Labute approximate surface area is 162 Å². The fourth-order valence-corrected chi connectivity index (χ4v) is 1.94. The molecule has 0 spiro atoms. The van der Waals surface area contributed by atoms with E-state index in [9.17, 15) is 4.79 Å². The molecule has 3 heteroatoms. The summed E-state index contributed by atoms with van der Waals surface area (Å²) in [6.45, 7) is 10.8. The molecule has 0 aromatic heterocycles. The van der Waals surface area contributed by atoms with Gasteiger partial charge in [0.15, 0.2) is 0 Å². The number of ether oxygens (including phenoxy) is 1. The zero-order valence-corrected chi connectivity index (χ0v) is 16.5. The maximum Gasteiger partial charge on any atom is 0.330 e. The normalized spacial score (nSPS) is 11.1. The van der Waals surface area contributed by atoms with E-state index in [4.69, 9.17) is 9.84 Å². The molecule has 2 aromatic carbocycles. The Morgan fingerprint density at radius 1 is 0.926 bits per heavy atom. The summed E-state index contributed by atoms with van der Waals surface area (Å²) >= 11 is 0. The lowest BCUT2D eigenvalue weighted by molar-refractivity contribution is -0.148. The van der Waals surface area contributed by atoms with Crippen LogP contribution in [0.1, 0.15) is 37.5 Å². The van der Waals surface area contributed by atoms with Crippen molar-refractivity contribution < 1.29 is 14.6 Å². The SMILES string of the molecule is C=CC(=O)OC(C)(C)C.Cc1ccc(C=CC=Cc2ccc(O)cc2)cc1. The first-order chi connectivity index (χ1) is 12.7. The highest BCUT2D eigenvalue weighted by atomic mass is 16.6. The van der Waals surface area contributed by atoms with Crippen LogP contribution in [-0.4, -0.2) is 16.7 Å². The van der Waals surface area contributed by atoms with Crippen LogP contribution in [0, 0.1) is 6.92 Å². The second-order valence-corrected chi connectivity index (χ2v) is 6.96. The number of allylic oxidation sites excluding steroid dienone is 2. The average Bonchev–Trinajstić information content (AvgIpc) is 2.61. The molecular weight excluding hydrogens is 336 g/mol. The minimum Gasteiger partial charge on any atom is -0.508 e. The van der Waals surface area contributed by atoms with Gasteiger partial charge in [-0.05, 0) is 51.0 Å². The smallest absolute Gasteiger partial charge is 0.330 e. The van der Waals surface area contributed by atoms with Gasteiger partial charge in [-0.3, -0.25) is 0 Å². The van der Waals surface area contributed by atoms with E-state index in [1.807, 2.05) is 51.1 Å². The number of aryl methyl sites for hydroxylation is 1. The van der Waals surface area contributed by atoms with Crippen LogP contribution >= 0.6 is 0 Å². The molecule has 3 nitrogen and oxygen atoms in total. The lowest BCUT2D eigenvalue weighted by atomic mass is 10.1. The number of carbonyl (C=O) groups excluding carboxylic acids is 1. The number of phenolic OH excluding ortho intramolecular Hbond substituents is 1. The molecule has 142 valence electrons. The van der Waals surface area contributed by atoms with Crippen molar-refractivity contribution in [1.82, 2.24) is 0 Å². The van der Waals surface area contributed by atoms with Gasteiger partial charge in [0, 0.05) is 6.08 Å². The first-order valence-corrected chi connectivity index (χ1v) is 8.75. The zero-order valence-electron chi connectivity index (χ0n) is 16.5. The molecule has 27 heavy (non-hydrogen) atoms. The summed E-state index contributed by atoms with van der Waals surface area (Å²) in [5.41, 5.74) is 3.13. The molecule has 0 saturated heterocycles. The summed E-state index contributed by atoms with van der Waals surface area (Å²) in [5.74, 6) is -0.0788. The number of carbonyl (C=O) groups is 1. The monoisotopic (exact) mass is 364 g/mol. The van der Waals surface area contributed by atoms with Crippen molar-refractivity contribution in [2.45, 2.75) is 33.3 Å². The van der Waals surface area contributed by atoms with Gasteiger partial charge >= 0.3 is 5.97 Å². The lowest BCUT2D eigenvalue weighted by Gasteiger charge is -2.17. The highest BCUT2D eigenvalue weighted by molar-refractivity contribution is 5.81. The van der Waals surface area contributed by atoms with Crippen LogP contribution < -0.4 is 0 Å². The Morgan fingerprint density at radius 3 is 1.74 bits per heavy atom. The fraction of sp³-hybridized carbons (Fsp3) is 0.208. The van der Waals surface area contributed by atoms with Gasteiger partial charge < -0.3 is 9.84 Å². The van der Waals surface area contributed by atoms with E-state index in [2.05, 4.69) is 43.8 Å². The Bertz CT molecular complexity index is 720. The Hall–Kier alpha value is -3.07. The lowest BCUT2D eigenvalue weighted by Crippen LogP contribution is -2.22. The van der Waals surface area contributed by atoms with Gasteiger partial charge in [-0.2, -0.15) is 0 Å². The van der Waals surface area contributed by atoms with Crippen molar-refractivity contribution in [3.05, 3.63) is 90.0 Å². The summed E-state index contributed by atoms with van der Waals surface area (Å²) in [5, 5.41) is 9.16. The number of hydrogen-bond acceptors (Lipinski definition) is 3. The van der Waals surface area contributed by atoms with Gasteiger partial charge in [-0.1, -0.05) is 72.8 Å². The number of benzene rings is 2. The summed E-state index contributed by atoms with van der Waals surface area (Å²) in [4.78, 5) is 10.5. The number of hydrogen-bond donors (Lipinski definition) is 1. The van der Waals surface area contributed by atoms with Crippen LogP contribution in [-0.2, 0) is 9.53 Å². The molecule has 0 aliphatic rings. The first kappa shape index (κ1) is 22.0. The standard InChI is InChI=1S/C17H16O.C7H12O2/c1-14-6-8-15(9-7-14)4-2-3-5-16-10-12-17(18)13-11-16;1-5-6(8)9-7(2,3)4/h2-13,18H,1H3;5H,1H2,2-4H3. The predicted molar refractivity (Wildman–Crippen MR) is 113 cm³/mol. The molecule has 0 saturated carbocycles. The maximum absolute atomic E-state index is 10.5. The molecule has 0 aliphatic carbocycles. The van der Waals surface area contributed by atoms with E-state index < -0.39 is 5.60 Å². The number of esters is 1. The molecule has 2 rings (SSSR count). The summed E-state index contributed by atoms with van der Waals surface area (Å²) < 4.78 is 4.83. The van der Waals surface area contributed by atoms with Crippen LogP contribution in [0.5, 0.6) is 5.75 Å². The van der Waals surface area contributed by atoms with E-state index in [1.54, 1.807) is 12.1 Å². The van der Waals surface area contributed by atoms with Crippen LogP contribution in [0.4, 0.5) is 0 Å². The third-order valence-electron chi connectivity index (χ3n) is 3.23. The van der Waals surface area contributed by atoms with Crippen LogP contribution in [0.3, 0.4) is 0 Å². The van der Waals surface area contributed by atoms with Crippen molar-refractivity contribution in [2.24, 2.45) is 0 Å². The number of aromatic hydroxyl groups is 1. The molecule has 0 amide bonds. The molecule has 0 radical (unpaired) electrons. The largest absolute Gasteiger partial charge is 0.508 e. The van der Waals surface area contributed by atoms with Crippen LogP contribution in [0.2, 0.25) is 0 Å². The average molecular weight is 364 g/mol. The second kappa shape index (κ2) is 10.8. The Kier molecular flexibility index (Phi) is 8.80. The highest BCUT2D eigenvalue weighted by Gasteiger charge is 2.12. The fourth-order valence-electron chi connectivity index (χ4n) is 1.94. The van der Waals surface area contributed by atoms with Crippen molar-refractivity contribution in [3.8, 4) is 5.75 Å². The van der Waals surface area contributed by atoms with Crippen molar-refractivity contribution in [1.29, 1.82) is 0 Å². The Balaban J connectivity index is 0.000000345. The summed E-state index contributed by atoms with van der Waals surface area (Å²) in [7, 11) is 0. The van der Waals surface area contributed by atoms with Crippen molar-refractivity contribution >= 4 is 18.1 Å². The van der Waals surface area contributed by atoms with E-state index in [0.29, 0.717) is 5.75 Å². The van der Waals surface area contributed by atoms with Crippen LogP contribution in [0.15, 0.2) is 73.3 Å². The molecular formula is C24H28O3. The van der Waals surface area contributed by atoms with Gasteiger partial charge in [0.05, 0.1) is 0 Å². The van der Waals surface area contributed by atoms with Gasteiger partial charge in [-0.25, -0.2) is 4.79 Å². The minimum atomic E-state index is -0.398. The van der Waals surface area contributed by atoms with Crippen molar-refractivity contribution in [3.63, 3.8) is 0 Å². The van der Waals surface area contributed by atoms with E-state index in [1.165, 1.54) is 11.1 Å². The third-order valence-corrected chi connectivity index (χ3v) is 3.23. The molecule has 1 N–H and O–H groups in total. The number of rotatable bonds is 4. The maximum atomic E-state index is 10.5. The quantitative estimate of drug-likeness (QED) is 0.415. The van der Waals surface area contributed by atoms with Gasteiger partial charge in [-0.15, -0.1) is 0 Å². The highest BCUT2D eigenvalue weighted by Crippen LogP contribution is 2.11. The van der Waals surface area contributed by atoms with Crippen LogP contribution in [0.25, 0.3) is 12.2 Å². The second-order valence-electron chi connectivity index (χ2n) is 6.96. The van der Waals surface area contributed by atoms with Gasteiger partial charge in [0.2, 0.25) is 0 Å². The third kappa shape index (κ3) is 10.5. The van der Waals surface area contributed by atoms with E-state index >= 15 is 0 Å². The topological polar surface area (TPSA) is 46.5 Å². The zero-order chi connectivity index (χ0) is 20.3. The first-order valence-electron chi connectivity index (χ1n) is 8.75. The predicted octanol–water partition coefficient (Wildman–Crippen LogP) is 5.94. The van der Waals surface area contributed by atoms with E-state index in [-0.39, 0.29) is 5.97 Å². The molecule has 0 bridgehead atoms. The molecule has 0 aliphatic heterocycles. The molecule has 0 atom stereocenters. The molecule has 2 aromatic rings. The summed E-state index contributed by atoms with van der Waals surface area (Å²) in [6, 6.07) is 15.5. The number of phenols is 1. The Morgan fingerprint density at radius 2 is 1.37 bits per heavy atom. The molecule has 0 fully saturated rings. The minimum absolute atomic E-state index is 0.294. The molecule has 0 heterocycles. The van der Waals surface area contributed by atoms with E-state index in [0.717, 1.165) is 11.6 Å². The van der Waals surface area contributed by atoms with Crippen molar-refractivity contribution in [2.75, 3.05) is 0 Å². The van der Waals surface area contributed by atoms with Gasteiger partial charge in [0.1, 0.15) is 11.4 Å².